The van der Waals surface area contributed by atoms with Crippen molar-refractivity contribution in [2.75, 3.05) is 24.0 Å². The van der Waals surface area contributed by atoms with E-state index in [1.54, 1.807) is 54.6 Å². The average Bonchev–Trinajstić information content (AvgIpc) is 3.03. The predicted octanol–water partition coefficient (Wildman–Crippen LogP) is 6.02. The van der Waals surface area contributed by atoms with Crippen LogP contribution in [0, 0.1) is 6.92 Å². The van der Waals surface area contributed by atoms with E-state index in [0.29, 0.717) is 35.2 Å². The molecule has 8 nitrogen and oxygen atoms in total. The number of nitrogens with one attached hydrogen (secondary N) is 1. The molecule has 0 aliphatic heterocycles. The van der Waals surface area contributed by atoms with E-state index < -0.39 is 28.5 Å². The van der Waals surface area contributed by atoms with Crippen LogP contribution < -0.4 is 14.4 Å². The van der Waals surface area contributed by atoms with Crippen molar-refractivity contribution < 1.29 is 22.7 Å². The number of ether oxygens (including phenoxy) is 1. The first-order chi connectivity index (χ1) is 21.6. The van der Waals surface area contributed by atoms with Crippen LogP contribution in [0.3, 0.4) is 0 Å². The number of likely N-dealkylation sites (N-methyl/N-ethyl adjacent to an activating group) is 1. The normalized spacial score (nSPS) is 11.8. The van der Waals surface area contributed by atoms with Crippen molar-refractivity contribution in [1.29, 1.82) is 0 Å². The van der Waals surface area contributed by atoms with Gasteiger partial charge in [-0.25, -0.2) is 8.42 Å². The molecule has 0 saturated heterocycles. The van der Waals surface area contributed by atoms with Crippen molar-refractivity contribution in [3.05, 3.63) is 125 Å². The third-order valence-electron chi connectivity index (χ3n) is 7.19. The third-order valence-corrected chi connectivity index (χ3v) is 9.21. The number of sulfonamides is 1. The Bertz CT molecular complexity index is 1680. The van der Waals surface area contributed by atoms with Gasteiger partial charge in [0.05, 0.1) is 17.2 Å². The summed E-state index contributed by atoms with van der Waals surface area (Å²) in [5, 5.41) is 3.34. The van der Waals surface area contributed by atoms with Gasteiger partial charge in [0.25, 0.3) is 10.0 Å². The molecule has 0 radical (unpaired) electrons. The summed E-state index contributed by atoms with van der Waals surface area (Å²) in [4.78, 5) is 29.4. The van der Waals surface area contributed by atoms with Gasteiger partial charge in [0.1, 0.15) is 18.3 Å². The average molecular weight is 648 g/mol. The molecular formula is C35H38ClN3O5S. The second-order valence-corrected chi connectivity index (χ2v) is 12.8. The van der Waals surface area contributed by atoms with Crippen LogP contribution in [-0.2, 0) is 32.6 Å². The van der Waals surface area contributed by atoms with Gasteiger partial charge in [-0.2, -0.15) is 0 Å². The van der Waals surface area contributed by atoms with Gasteiger partial charge in [-0.3, -0.25) is 13.9 Å². The van der Waals surface area contributed by atoms with Gasteiger partial charge in [0, 0.05) is 24.5 Å². The van der Waals surface area contributed by atoms with E-state index in [0.717, 1.165) is 15.4 Å². The molecule has 1 N–H and O–H groups in total. The lowest BCUT2D eigenvalue weighted by molar-refractivity contribution is -0.140. The largest absolute Gasteiger partial charge is 0.494 e. The van der Waals surface area contributed by atoms with E-state index in [4.69, 9.17) is 16.3 Å². The van der Waals surface area contributed by atoms with Gasteiger partial charge >= 0.3 is 0 Å². The maximum absolute atomic E-state index is 14.4. The number of rotatable bonds is 14. The molecule has 0 aromatic heterocycles. The molecular weight excluding hydrogens is 610 g/mol. The molecule has 45 heavy (non-hydrogen) atoms. The summed E-state index contributed by atoms with van der Waals surface area (Å²) in [6.45, 7) is 5.86. The lowest BCUT2D eigenvalue weighted by Crippen LogP contribution is -2.53. The summed E-state index contributed by atoms with van der Waals surface area (Å²) in [7, 11) is -4.21. The molecule has 4 aromatic carbocycles. The van der Waals surface area contributed by atoms with E-state index in [1.807, 2.05) is 57.2 Å². The Hall–Kier alpha value is -4.34. The van der Waals surface area contributed by atoms with Crippen LogP contribution in [0.5, 0.6) is 5.75 Å². The number of carbonyl (C=O) groups is 2. The molecule has 1 atom stereocenters. The number of halogens is 1. The van der Waals surface area contributed by atoms with Crippen molar-refractivity contribution in [2.24, 2.45) is 0 Å². The Morgan fingerprint density at radius 1 is 0.867 bits per heavy atom. The second kappa shape index (κ2) is 15.6. The minimum Gasteiger partial charge on any atom is -0.494 e. The van der Waals surface area contributed by atoms with Gasteiger partial charge in [0.2, 0.25) is 11.8 Å². The van der Waals surface area contributed by atoms with Crippen molar-refractivity contribution in [2.45, 2.75) is 44.7 Å². The molecule has 0 heterocycles. The van der Waals surface area contributed by atoms with Gasteiger partial charge in [-0.15, -0.1) is 0 Å². The number of nitrogens with zero attached hydrogens (tertiary/aromatic N) is 2. The number of amides is 2. The number of hydrogen-bond donors (Lipinski definition) is 1. The molecule has 0 unspecified atom stereocenters. The van der Waals surface area contributed by atoms with E-state index >= 15 is 0 Å². The van der Waals surface area contributed by atoms with Crippen molar-refractivity contribution >= 4 is 39.1 Å². The fourth-order valence-electron chi connectivity index (χ4n) is 4.92. The van der Waals surface area contributed by atoms with Gasteiger partial charge in [-0.05, 0) is 80.4 Å². The smallest absolute Gasteiger partial charge is 0.264 e. The highest BCUT2D eigenvalue weighted by atomic mass is 35.5. The maximum Gasteiger partial charge on any atom is 0.264 e. The van der Waals surface area contributed by atoms with Crippen molar-refractivity contribution in [3.63, 3.8) is 0 Å². The number of carbonyl (C=O) groups excluding carboxylic acids is 2. The Kier molecular flexibility index (Phi) is 11.6. The highest BCUT2D eigenvalue weighted by Gasteiger charge is 2.34. The van der Waals surface area contributed by atoms with Gasteiger partial charge in [0.15, 0.2) is 0 Å². The molecule has 4 aromatic rings. The van der Waals surface area contributed by atoms with Crippen LogP contribution in [0.15, 0.2) is 108 Å². The quantitative estimate of drug-likeness (QED) is 0.181. The Morgan fingerprint density at radius 2 is 1.53 bits per heavy atom. The van der Waals surface area contributed by atoms with Crippen molar-refractivity contribution in [1.82, 2.24) is 10.2 Å². The van der Waals surface area contributed by atoms with Crippen LogP contribution in [0.4, 0.5) is 5.69 Å². The number of anilines is 1. The Morgan fingerprint density at radius 3 is 2.16 bits per heavy atom. The molecule has 0 saturated carbocycles. The molecule has 4 rings (SSSR count). The van der Waals surface area contributed by atoms with Crippen LogP contribution in [0.25, 0.3) is 0 Å². The zero-order valence-electron chi connectivity index (χ0n) is 25.6. The van der Waals surface area contributed by atoms with Crippen LogP contribution >= 0.6 is 11.6 Å². The minimum absolute atomic E-state index is 0.00489. The molecule has 10 heteroatoms. The maximum atomic E-state index is 14.4. The van der Waals surface area contributed by atoms with E-state index in [2.05, 4.69) is 5.32 Å². The summed E-state index contributed by atoms with van der Waals surface area (Å²) in [5.74, 6) is -0.349. The number of benzene rings is 4. The first-order valence-electron chi connectivity index (χ1n) is 14.8. The standard InChI is InChI=1S/C35H38ClN3O5S/c1-4-37-35(41)33(23-27-10-7-6-8-11-27)38(24-28-12-9-13-29(36)22-28)34(40)25-39(30-16-14-26(3)15-17-30)45(42,43)32-20-18-31(19-21-32)44-5-2/h6-22,33H,4-5,23-25H2,1-3H3,(H,37,41)/t33-/m1/s1. The lowest BCUT2D eigenvalue weighted by Gasteiger charge is -2.34. The zero-order chi connectivity index (χ0) is 32.4. The first-order valence-corrected chi connectivity index (χ1v) is 16.6. The Labute approximate surface area is 270 Å². The summed E-state index contributed by atoms with van der Waals surface area (Å²) >= 11 is 6.29. The van der Waals surface area contributed by atoms with E-state index in [-0.39, 0.29) is 23.8 Å². The molecule has 2 amide bonds. The molecule has 0 aliphatic carbocycles. The molecule has 0 spiro atoms. The fraction of sp³-hybridized carbons (Fsp3) is 0.257. The monoisotopic (exact) mass is 647 g/mol. The van der Waals surface area contributed by atoms with Gasteiger partial charge < -0.3 is 15.0 Å². The van der Waals surface area contributed by atoms with E-state index in [9.17, 15) is 18.0 Å². The first kappa shape index (κ1) is 33.6. The Balaban J connectivity index is 1.78. The third kappa shape index (κ3) is 8.86. The second-order valence-electron chi connectivity index (χ2n) is 10.5. The summed E-state index contributed by atoms with van der Waals surface area (Å²) < 4.78 is 34.9. The van der Waals surface area contributed by atoms with Gasteiger partial charge in [-0.1, -0.05) is 71.8 Å². The van der Waals surface area contributed by atoms with Crippen molar-refractivity contribution in [3.8, 4) is 5.75 Å². The van der Waals surface area contributed by atoms with Crippen LogP contribution in [-0.4, -0.2) is 50.9 Å². The summed E-state index contributed by atoms with van der Waals surface area (Å²) in [6.07, 6.45) is 0.231. The highest BCUT2D eigenvalue weighted by molar-refractivity contribution is 7.92. The summed E-state index contributed by atoms with van der Waals surface area (Å²) in [6, 6.07) is 28.5. The highest BCUT2D eigenvalue weighted by Crippen LogP contribution is 2.27. The molecule has 0 fully saturated rings. The molecule has 0 aliphatic rings. The minimum atomic E-state index is -4.21. The number of hydrogen-bond acceptors (Lipinski definition) is 5. The number of aryl methyl sites for hydroxylation is 1. The van der Waals surface area contributed by atoms with Crippen LogP contribution in [0.2, 0.25) is 5.02 Å². The zero-order valence-corrected chi connectivity index (χ0v) is 27.2. The predicted molar refractivity (Wildman–Crippen MR) is 178 cm³/mol. The molecule has 0 bridgehead atoms. The summed E-state index contributed by atoms with van der Waals surface area (Å²) in [5.41, 5.74) is 2.82. The topological polar surface area (TPSA) is 96.0 Å². The van der Waals surface area contributed by atoms with E-state index in [1.165, 1.54) is 17.0 Å². The SMILES string of the molecule is CCNC(=O)[C@@H](Cc1ccccc1)N(Cc1cccc(Cl)c1)C(=O)CN(c1ccc(C)cc1)S(=O)(=O)c1ccc(OCC)cc1. The fourth-order valence-corrected chi connectivity index (χ4v) is 6.55. The lowest BCUT2D eigenvalue weighted by atomic mass is 10.0. The molecule has 236 valence electrons. The van der Waals surface area contributed by atoms with Crippen LogP contribution in [0.1, 0.15) is 30.5 Å².